The van der Waals surface area contributed by atoms with Crippen molar-refractivity contribution in [3.63, 3.8) is 0 Å². The zero-order valence-electron chi connectivity index (χ0n) is 13.0. The van der Waals surface area contributed by atoms with E-state index in [0.29, 0.717) is 24.7 Å². The molecule has 0 spiro atoms. The van der Waals surface area contributed by atoms with E-state index in [-0.39, 0.29) is 6.61 Å². The van der Waals surface area contributed by atoms with Gasteiger partial charge in [-0.15, -0.1) is 0 Å². The Labute approximate surface area is 126 Å². The average molecular weight is 295 g/mol. The Bertz CT molecular complexity index is 450. The molecule has 5 nitrogen and oxygen atoms in total. The number of benzene rings is 1. The van der Waals surface area contributed by atoms with E-state index in [2.05, 4.69) is 5.32 Å². The van der Waals surface area contributed by atoms with E-state index in [1.54, 1.807) is 13.0 Å². The van der Waals surface area contributed by atoms with Gasteiger partial charge in [-0.1, -0.05) is 26.0 Å². The summed E-state index contributed by atoms with van der Waals surface area (Å²) in [5.74, 6) is 0.280. The van der Waals surface area contributed by atoms with Crippen molar-refractivity contribution in [3.8, 4) is 11.5 Å². The highest BCUT2D eigenvalue weighted by Gasteiger charge is 2.33. The lowest BCUT2D eigenvalue weighted by molar-refractivity contribution is -0.145. The lowest BCUT2D eigenvalue weighted by Crippen LogP contribution is -2.54. The van der Waals surface area contributed by atoms with Crippen molar-refractivity contribution in [1.29, 1.82) is 0 Å². The molecule has 21 heavy (non-hydrogen) atoms. The fourth-order valence-electron chi connectivity index (χ4n) is 1.71. The van der Waals surface area contributed by atoms with Gasteiger partial charge in [0, 0.05) is 0 Å². The van der Waals surface area contributed by atoms with Crippen molar-refractivity contribution in [2.75, 3.05) is 19.8 Å². The van der Waals surface area contributed by atoms with Gasteiger partial charge in [-0.25, -0.2) is 0 Å². The first kappa shape index (κ1) is 17.3. The minimum Gasteiger partial charge on any atom is -0.490 e. The van der Waals surface area contributed by atoms with Crippen LogP contribution in [0.25, 0.3) is 0 Å². The number of aliphatic carboxylic acids is 1. The first-order valence-electron chi connectivity index (χ1n) is 7.36. The molecule has 0 fully saturated rings. The van der Waals surface area contributed by atoms with E-state index < -0.39 is 11.5 Å². The fraction of sp³-hybridized carbons (Fsp3) is 0.562. The van der Waals surface area contributed by atoms with E-state index >= 15 is 0 Å². The minimum atomic E-state index is -1.12. The number of hydrogen-bond acceptors (Lipinski definition) is 4. The summed E-state index contributed by atoms with van der Waals surface area (Å²) in [6.07, 6.45) is 1.76. The number of carboxylic acid groups (broad SMARTS) is 1. The molecule has 1 atom stereocenters. The molecule has 0 radical (unpaired) electrons. The molecule has 0 aromatic heterocycles. The van der Waals surface area contributed by atoms with E-state index in [1.165, 1.54) is 0 Å². The number of carboxylic acids is 1. The van der Waals surface area contributed by atoms with Gasteiger partial charge in [-0.05, 0) is 38.4 Å². The number of hydrogen-bond donors (Lipinski definition) is 2. The van der Waals surface area contributed by atoms with E-state index in [9.17, 15) is 9.90 Å². The average Bonchev–Trinajstić information content (AvgIpc) is 2.49. The first-order chi connectivity index (χ1) is 10.0. The molecular formula is C16H25NO4. The van der Waals surface area contributed by atoms with Crippen LogP contribution in [0.1, 0.15) is 33.6 Å². The van der Waals surface area contributed by atoms with Crippen LogP contribution in [0.5, 0.6) is 11.5 Å². The highest BCUT2D eigenvalue weighted by molar-refractivity contribution is 5.78. The van der Waals surface area contributed by atoms with Gasteiger partial charge in [0.1, 0.15) is 12.1 Å². The summed E-state index contributed by atoms with van der Waals surface area (Å²) in [7, 11) is 0. The van der Waals surface area contributed by atoms with E-state index in [0.717, 1.165) is 12.8 Å². The molecule has 0 aliphatic carbocycles. The topological polar surface area (TPSA) is 67.8 Å². The summed E-state index contributed by atoms with van der Waals surface area (Å²) in [5.41, 5.74) is -1.12. The Kier molecular flexibility index (Phi) is 7.02. The Balaban J connectivity index is 2.73. The molecule has 0 bridgehead atoms. The molecule has 1 unspecified atom stereocenters. The SMILES string of the molecule is CCCNC(C)(COc1ccccc1OCCC)C(=O)O. The van der Waals surface area contributed by atoms with Gasteiger partial charge in [0.15, 0.2) is 11.5 Å². The van der Waals surface area contributed by atoms with E-state index in [4.69, 9.17) is 9.47 Å². The summed E-state index contributed by atoms with van der Waals surface area (Å²) in [4.78, 5) is 11.4. The summed E-state index contributed by atoms with van der Waals surface area (Å²) < 4.78 is 11.3. The molecule has 1 aromatic carbocycles. The molecule has 2 N–H and O–H groups in total. The van der Waals surface area contributed by atoms with Crippen molar-refractivity contribution in [2.24, 2.45) is 0 Å². The van der Waals surface area contributed by atoms with Crippen LogP contribution in [0, 0.1) is 0 Å². The van der Waals surface area contributed by atoms with Crippen LogP contribution in [0.15, 0.2) is 24.3 Å². The third-order valence-corrected chi connectivity index (χ3v) is 3.06. The van der Waals surface area contributed by atoms with Crippen molar-refractivity contribution >= 4 is 5.97 Å². The lowest BCUT2D eigenvalue weighted by atomic mass is 10.0. The lowest BCUT2D eigenvalue weighted by Gasteiger charge is -2.26. The van der Waals surface area contributed by atoms with Gasteiger partial charge in [-0.3, -0.25) is 10.1 Å². The largest absolute Gasteiger partial charge is 0.490 e. The normalized spacial score (nSPS) is 13.5. The van der Waals surface area contributed by atoms with Gasteiger partial charge in [0.05, 0.1) is 6.61 Å². The van der Waals surface area contributed by atoms with Gasteiger partial charge in [-0.2, -0.15) is 0 Å². The monoisotopic (exact) mass is 295 g/mol. The Hall–Kier alpha value is -1.75. The second-order valence-corrected chi connectivity index (χ2v) is 5.15. The minimum absolute atomic E-state index is 0.0365. The summed E-state index contributed by atoms with van der Waals surface area (Å²) in [6.45, 7) is 6.91. The Morgan fingerprint density at radius 3 is 2.33 bits per heavy atom. The molecule has 5 heteroatoms. The zero-order valence-corrected chi connectivity index (χ0v) is 13.0. The summed E-state index contributed by atoms with van der Waals surface area (Å²) >= 11 is 0. The number of para-hydroxylation sites is 2. The molecule has 0 aliphatic rings. The molecule has 1 rings (SSSR count). The van der Waals surface area contributed by atoms with E-state index in [1.807, 2.05) is 32.0 Å². The van der Waals surface area contributed by atoms with Crippen molar-refractivity contribution < 1.29 is 19.4 Å². The third-order valence-electron chi connectivity index (χ3n) is 3.06. The van der Waals surface area contributed by atoms with Crippen LogP contribution < -0.4 is 14.8 Å². The number of nitrogens with one attached hydrogen (secondary N) is 1. The number of rotatable bonds is 10. The summed E-state index contributed by atoms with van der Waals surface area (Å²) in [6, 6.07) is 7.31. The predicted octanol–water partition coefficient (Wildman–Crippen LogP) is 2.70. The predicted molar refractivity (Wildman–Crippen MR) is 82.1 cm³/mol. The second-order valence-electron chi connectivity index (χ2n) is 5.15. The number of carbonyl (C=O) groups is 1. The van der Waals surface area contributed by atoms with Crippen molar-refractivity contribution in [1.82, 2.24) is 5.32 Å². The quantitative estimate of drug-likeness (QED) is 0.694. The van der Waals surface area contributed by atoms with Crippen LogP contribution in [0.2, 0.25) is 0 Å². The molecule has 0 amide bonds. The highest BCUT2D eigenvalue weighted by atomic mass is 16.5. The third kappa shape index (κ3) is 5.27. The maximum atomic E-state index is 11.4. The standard InChI is InChI=1S/C16H25NO4/c1-4-10-17-16(3,15(18)19)12-21-14-9-7-6-8-13(14)20-11-5-2/h6-9,17H,4-5,10-12H2,1-3H3,(H,18,19). The maximum absolute atomic E-state index is 11.4. The van der Waals surface area contributed by atoms with Gasteiger partial charge in [0.25, 0.3) is 0 Å². The van der Waals surface area contributed by atoms with Crippen molar-refractivity contribution in [2.45, 2.75) is 39.2 Å². The molecule has 1 aromatic rings. The highest BCUT2D eigenvalue weighted by Crippen LogP contribution is 2.27. The zero-order chi connectivity index (χ0) is 15.7. The van der Waals surface area contributed by atoms with Gasteiger partial charge >= 0.3 is 5.97 Å². The van der Waals surface area contributed by atoms with Crippen LogP contribution in [-0.2, 0) is 4.79 Å². The van der Waals surface area contributed by atoms with Crippen molar-refractivity contribution in [3.05, 3.63) is 24.3 Å². The number of ether oxygens (including phenoxy) is 2. The summed E-state index contributed by atoms with van der Waals surface area (Å²) in [5, 5.41) is 12.4. The van der Waals surface area contributed by atoms with Crippen LogP contribution in [0.4, 0.5) is 0 Å². The van der Waals surface area contributed by atoms with Crippen LogP contribution in [-0.4, -0.2) is 36.4 Å². The van der Waals surface area contributed by atoms with Gasteiger partial charge in [0.2, 0.25) is 0 Å². The molecule has 118 valence electrons. The Morgan fingerprint density at radius 2 is 1.81 bits per heavy atom. The molecule has 0 heterocycles. The maximum Gasteiger partial charge on any atom is 0.327 e. The van der Waals surface area contributed by atoms with Crippen LogP contribution in [0.3, 0.4) is 0 Å². The molecule has 0 aliphatic heterocycles. The molecule has 0 saturated heterocycles. The smallest absolute Gasteiger partial charge is 0.327 e. The first-order valence-corrected chi connectivity index (χ1v) is 7.36. The second kappa shape index (κ2) is 8.52. The molecule has 0 saturated carbocycles. The fourth-order valence-corrected chi connectivity index (χ4v) is 1.71. The van der Waals surface area contributed by atoms with Crippen LogP contribution >= 0.6 is 0 Å². The molecular weight excluding hydrogens is 270 g/mol. The Morgan fingerprint density at radius 1 is 1.19 bits per heavy atom. The van der Waals surface area contributed by atoms with Gasteiger partial charge < -0.3 is 14.6 Å².